The zero-order valence-corrected chi connectivity index (χ0v) is 35.8. The van der Waals surface area contributed by atoms with Gasteiger partial charge in [0.2, 0.25) is 23.6 Å². The number of amides is 4. The quantitative estimate of drug-likeness (QED) is 0.120. The maximum Gasteiger partial charge on any atom is 0.242 e. The summed E-state index contributed by atoms with van der Waals surface area (Å²) in [7, 11) is 3.12. The van der Waals surface area contributed by atoms with Crippen molar-refractivity contribution in [3.05, 3.63) is 124 Å². The van der Waals surface area contributed by atoms with Crippen molar-refractivity contribution in [2.45, 2.75) is 32.6 Å². The first kappa shape index (κ1) is 39.2. The molecule has 2 N–H and O–H groups in total. The number of hydrogen-bond acceptors (Lipinski definition) is 9. The number of benzene rings is 4. The van der Waals surface area contributed by atoms with Crippen LogP contribution in [-0.2, 0) is 26.2 Å². The number of hydrogen-bond donors (Lipinski definition) is 2. The summed E-state index contributed by atoms with van der Waals surface area (Å²) < 4.78 is 8.12. The molecule has 0 spiro atoms. The predicted molar refractivity (Wildman–Crippen MR) is 237 cm³/mol. The highest BCUT2D eigenvalue weighted by Crippen LogP contribution is 2.64. The van der Waals surface area contributed by atoms with Gasteiger partial charge in [0.05, 0.1) is 45.9 Å². The Morgan fingerprint density at radius 3 is 2.36 bits per heavy atom. The Morgan fingerprint density at radius 2 is 1.62 bits per heavy atom. The van der Waals surface area contributed by atoms with Crippen molar-refractivity contribution >= 4 is 91.1 Å². The number of nitrogens with one attached hydrogen (secondary N) is 1. The number of aryl methyl sites for hydroxylation is 2. The minimum absolute atomic E-state index is 0.0132. The van der Waals surface area contributed by atoms with Gasteiger partial charge in [-0.1, -0.05) is 53.1 Å². The molecule has 14 heteroatoms. The third-order valence-electron chi connectivity index (χ3n) is 13.3. The van der Waals surface area contributed by atoms with Crippen LogP contribution >= 0.6 is 34.5 Å². The summed E-state index contributed by atoms with van der Waals surface area (Å²) in [5, 5.41) is 20.6. The second-order valence-corrected chi connectivity index (χ2v) is 18.4. The van der Waals surface area contributed by atoms with Crippen molar-refractivity contribution in [3.63, 3.8) is 0 Å². The summed E-state index contributed by atoms with van der Waals surface area (Å²) in [5.41, 5.74) is 3.72. The maximum atomic E-state index is 15.3. The molecule has 2 aromatic heterocycles. The van der Waals surface area contributed by atoms with Gasteiger partial charge in [-0.05, 0) is 116 Å². The molecule has 0 bridgehead atoms. The van der Waals surface area contributed by atoms with E-state index < -0.39 is 46.8 Å². The van der Waals surface area contributed by atoms with Crippen LogP contribution in [0.15, 0.2) is 103 Å². The van der Waals surface area contributed by atoms with Crippen molar-refractivity contribution in [3.8, 4) is 22.1 Å². The lowest BCUT2D eigenvalue weighted by Crippen LogP contribution is -2.49. The number of carbonyl (C=O) groups excluding carboxylic acids is 4. The molecule has 11 nitrogen and oxygen atoms in total. The number of thiophene rings is 1. The average Bonchev–Trinajstić information content (AvgIpc) is 3.92. The zero-order valence-electron chi connectivity index (χ0n) is 33.5. The lowest BCUT2D eigenvalue weighted by molar-refractivity contribution is -0.131. The lowest BCUT2D eigenvalue weighted by Gasteiger charge is -2.49. The maximum absolute atomic E-state index is 15.3. The third-order valence-corrected chi connectivity index (χ3v) is 15.1. The lowest BCUT2D eigenvalue weighted by atomic mass is 9.51. The van der Waals surface area contributed by atoms with Crippen molar-refractivity contribution in [2.75, 3.05) is 22.2 Å². The molecular weight excluding hydrogens is 834 g/mol. The van der Waals surface area contributed by atoms with Crippen LogP contribution in [0.25, 0.3) is 20.7 Å². The predicted octanol–water partition coefficient (Wildman–Crippen LogP) is 9.81. The fraction of sp³-hybridized carbons (Fsp3) is 0.255. The van der Waals surface area contributed by atoms with E-state index in [9.17, 15) is 14.7 Å². The van der Waals surface area contributed by atoms with Crippen LogP contribution in [-0.4, -0.2) is 45.6 Å². The normalized spacial score (nSPS) is 24.6. The molecule has 2 aliphatic heterocycles. The Balaban J connectivity index is 1.04. The SMILES string of the molecule is COc1cc([C@H]2C3=CC[C@@H]4C(=O)N(c5ccc(Nc6ccccc6)cc5)C(=O)[C@@H]4[C@@H]3C[C@H]3C(=O)N(c4cc(-c5sc6ccc(Cl)cc6c5C)nn4C)C(=O)[C@@]23C)cc(Cl)c1O. The van der Waals surface area contributed by atoms with E-state index in [-0.39, 0.29) is 41.2 Å². The first-order valence-corrected chi connectivity index (χ1v) is 21.5. The molecule has 6 aromatic rings. The standard InChI is InChI=1S/C47H39Cl2N5O6S/c1-23-31-20-25(48)10-17-37(31)61-42(23)35-22-38(52(3)51-35)54-44(57)33-21-32-29(40(47(33,2)46(54)59)24-18-34(49)41(55)36(19-24)60-4)15-16-30-39(32)45(58)53(43(30)56)28-13-11-27(12-14-28)50-26-8-6-5-7-9-26/h5-15,17-20,22,30,32-33,39-40,50,55H,16,21H2,1-4H3/t30-,32+,33-,39-,40-,47+/m0/s1. The summed E-state index contributed by atoms with van der Waals surface area (Å²) in [5.74, 6) is -4.99. The number of halogens is 2. The number of ether oxygens (including phenoxy) is 1. The number of imide groups is 2. The van der Waals surface area contributed by atoms with Gasteiger partial charge in [-0.3, -0.25) is 28.8 Å². The third kappa shape index (κ3) is 5.86. The number of aromatic nitrogens is 2. The van der Waals surface area contributed by atoms with Crippen molar-refractivity contribution in [1.82, 2.24) is 9.78 Å². The van der Waals surface area contributed by atoms with Gasteiger partial charge in [-0.25, -0.2) is 4.90 Å². The van der Waals surface area contributed by atoms with E-state index in [2.05, 4.69) is 5.32 Å². The molecule has 4 amide bonds. The van der Waals surface area contributed by atoms with Gasteiger partial charge in [-0.2, -0.15) is 5.10 Å². The van der Waals surface area contributed by atoms with Gasteiger partial charge in [0.15, 0.2) is 11.5 Å². The largest absolute Gasteiger partial charge is 0.503 e. The fourth-order valence-corrected chi connectivity index (χ4v) is 11.9. The Morgan fingerprint density at radius 1 is 0.885 bits per heavy atom. The Labute approximate surface area is 365 Å². The highest BCUT2D eigenvalue weighted by Gasteiger charge is 2.68. The Kier molecular flexibility index (Phi) is 9.21. The molecule has 61 heavy (non-hydrogen) atoms. The van der Waals surface area contributed by atoms with E-state index in [1.54, 1.807) is 60.3 Å². The minimum Gasteiger partial charge on any atom is -0.503 e. The molecule has 4 aliphatic rings. The number of rotatable bonds is 7. The van der Waals surface area contributed by atoms with E-state index in [0.29, 0.717) is 27.8 Å². The number of nitrogens with zero attached hydrogens (tertiary/aromatic N) is 4. The number of aromatic hydroxyl groups is 1. The molecule has 2 saturated heterocycles. The van der Waals surface area contributed by atoms with Gasteiger partial charge in [-0.15, -0.1) is 11.3 Å². The number of para-hydroxylation sites is 1. The summed E-state index contributed by atoms with van der Waals surface area (Å²) in [6.45, 7) is 3.80. The number of carbonyl (C=O) groups is 4. The Hall–Kier alpha value is -5.95. The van der Waals surface area contributed by atoms with E-state index in [0.717, 1.165) is 37.5 Å². The number of phenols is 1. The molecule has 4 aromatic carbocycles. The summed E-state index contributed by atoms with van der Waals surface area (Å²) in [6, 6.07) is 27.6. The molecule has 0 radical (unpaired) electrons. The number of phenolic OH excluding ortho intramolecular Hbond substituents is 1. The van der Waals surface area contributed by atoms with Gasteiger partial charge in [0, 0.05) is 40.1 Å². The molecule has 6 atom stereocenters. The second-order valence-electron chi connectivity index (χ2n) is 16.5. The number of allylic oxidation sites excluding steroid dienone is 2. The smallest absolute Gasteiger partial charge is 0.242 e. The zero-order chi connectivity index (χ0) is 42.6. The van der Waals surface area contributed by atoms with Crippen molar-refractivity contribution in [2.24, 2.45) is 36.1 Å². The monoisotopic (exact) mass is 871 g/mol. The minimum atomic E-state index is -1.36. The molecule has 1 saturated carbocycles. The van der Waals surface area contributed by atoms with Gasteiger partial charge in [0.25, 0.3) is 0 Å². The second kappa shape index (κ2) is 14.3. The van der Waals surface area contributed by atoms with Crippen LogP contribution in [0.4, 0.5) is 22.9 Å². The summed E-state index contributed by atoms with van der Waals surface area (Å²) in [4.78, 5) is 62.7. The number of methoxy groups -OCH3 is 1. The van der Waals surface area contributed by atoms with E-state index in [1.807, 2.05) is 73.7 Å². The highest BCUT2D eigenvalue weighted by molar-refractivity contribution is 7.22. The van der Waals surface area contributed by atoms with Crippen LogP contribution in [0.2, 0.25) is 10.0 Å². The highest BCUT2D eigenvalue weighted by atomic mass is 35.5. The molecule has 0 unspecified atom stereocenters. The van der Waals surface area contributed by atoms with Crippen LogP contribution < -0.4 is 19.9 Å². The molecule has 2 aliphatic carbocycles. The number of fused-ring (bicyclic) bond motifs is 5. The van der Waals surface area contributed by atoms with Gasteiger partial charge < -0.3 is 15.2 Å². The van der Waals surface area contributed by atoms with Crippen molar-refractivity contribution < 1.29 is 29.0 Å². The molecule has 4 heterocycles. The fourth-order valence-electron chi connectivity index (χ4n) is 10.4. The van der Waals surface area contributed by atoms with Crippen LogP contribution in [0.1, 0.15) is 36.8 Å². The molecule has 308 valence electrons. The first-order valence-electron chi connectivity index (χ1n) is 20.0. The van der Waals surface area contributed by atoms with Gasteiger partial charge in [0.1, 0.15) is 11.5 Å². The molecule has 10 rings (SSSR count). The number of anilines is 4. The van der Waals surface area contributed by atoms with Gasteiger partial charge >= 0.3 is 0 Å². The van der Waals surface area contributed by atoms with Crippen LogP contribution in [0.3, 0.4) is 0 Å². The first-order chi connectivity index (χ1) is 29.3. The molecular formula is C47H39Cl2N5O6S. The van der Waals surface area contributed by atoms with Crippen LogP contribution in [0, 0.1) is 36.0 Å². The van der Waals surface area contributed by atoms with E-state index in [1.165, 1.54) is 16.9 Å². The van der Waals surface area contributed by atoms with E-state index in [4.69, 9.17) is 33.0 Å². The topological polar surface area (TPSA) is 134 Å². The van der Waals surface area contributed by atoms with Crippen LogP contribution in [0.5, 0.6) is 11.5 Å². The summed E-state index contributed by atoms with van der Waals surface area (Å²) >= 11 is 14.5. The average molecular weight is 873 g/mol. The molecule has 3 fully saturated rings. The van der Waals surface area contributed by atoms with E-state index >= 15 is 9.59 Å². The van der Waals surface area contributed by atoms with Crippen molar-refractivity contribution in [1.29, 1.82) is 0 Å². The summed E-state index contributed by atoms with van der Waals surface area (Å²) in [6.07, 6.45) is 2.41. The Bertz CT molecular complexity index is 2890.